The molecule has 0 aromatic carbocycles. The Morgan fingerprint density at radius 1 is 1.55 bits per heavy atom. The van der Waals surface area contributed by atoms with E-state index < -0.39 is 5.97 Å². The molecule has 8 heteroatoms. The highest BCUT2D eigenvalue weighted by atomic mass is 32.1. The van der Waals surface area contributed by atoms with Crippen LogP contribution in [0.2, 0.25) is 0 Å². The maximum absolute atomic E-state index is 12.0. The smallest absolute Gasteiger partial charge is 0.325 e. The summed E-state index contributed by atoms with van der Waals surface area (Å²) in [5.41, 5.74) is 1.39. The number of nitrogens with zero attached hydrogens (tertiary/aromatic N) is 2. The monoisotopic (exact) mass is 295 g/mol. The van der Waals surface area contributed by atoms with E-state index in [-0.39, 0.29) is 12.5 Å². The standard InChI is InChI=1S/C12H13N3O4S/c1-19-6-8-2-10(20-7-8)12(18)14-9-3-13-15(4-9)5-11(16)17/h2-4,7H,5-6H2,1H3,(H,14,18)(H,16,17). The quantitative estimate of drug-likeness (QED) is 0.840. The molecule has 2 aromatic heterocycles. The molecule has 0 bridgehead atoms. The molecule has 20 heavy (non-hydrogen) atoms. The minimum atomic E-state index is -0.992. The zero-order valence-electron chi connectivity index (χ0n) is 10.7. The first kappa shape index (κ1) is 14.2. The molecule has 106 valence electrons. The van der Waals surface area contributed by atoms with Crippen molar-refractivity contribution in [3.63, 3.8) is 0 Å². The van der Waals surface area contributed by atoms with Crippen molar-refractivity contribution in [3.05, 3.63) is 34.3 Å². The van der Waals surface area contributed by atoms with Gasteiger partial charge in [0.15, 0.2) is 0 Å². The van der Waals surface area contributed by atoms with Crippen LogP contribution in [0.4, 0.5) is 5.69 Å². The highest BCUT2D eigenvalue weighted by molar-refractivity contribution is 7.12. The van der Waals surface area contributed by atoms with Gasteiger partial charge >= 0.3 is 5.97 Å². The number of ether oxygens (including phenoxy) is 1. The number of amides is 1. The molecule has 2 heterocycles. The van der Waals surface area contributed by atoms with Crippen molar-refractivity contribution in [1.29, 1.82) is 0 Å². The summed E-state index contributed by atoms with van der Waals surface area (Å²) in [5, 5.41) is 17.0. The van der Waals surface area contributed by atoms with Gasteiger partial charge in [0, 0.05) is 13.3 Å². The van der Waals surface area contributed by atoms with E-state index in [4.69, 9.17) is 9.84 Å². The highest BCUT2D eigenvalue weighted by Crippen LogP contribution is 2.17. The van der Waals surface area contributed by atoms with E-state index in [1.165, 1.54) is 28.4 Å². The molecule has 0 atom stereocenters. The van der Waals surface area contributed by atoms with E-state index in [9.17, 15) is 9.59 Å². The summed E-state index contributed by atoms with van der Waals surface area (Å²) in [6.45, 7) is 0.215. The van der Waals surface area contributed by atoms with Crippen LogP contribution >= 0.6 is 11.3 Å². The maximum atomic E-state index is 12.0. The number of anilines is 1. The number of rotatable bonds is 6. The van der Waals surface area contributed by atoms with Crippen LogP contribution in [-0.4, -0.2) is 33.9 Å². The molecule has 0 unspecified atom stereocenters. The van der Waals surface area contributed by atoms with Crippen LogP contribution < -0.4 is 5.32 Å². The number of carboxylic acid groups (broad SMARTS) is 1. The molecule has 2 rings (SSSR count). The molecule has 7 nitrogen and oxygen atoms in total. The van der Waals surface area contributed by atoms with Crippen molar-refractivity contribution in [2.24, 2.45) is 0 Å². The van der Waals surface area contributed by atoms with Gasteiger partial charge in [0.2, 0.25) is 0 Å². The number of thiophene rings is 1. The second-order valence-corrected chi connectivity index (χ2v) is 4.94. The van der Waals surface area contributed by atoms with Crippen molar-refractivity contribution in [2.45, 2.75) is 13.2 Å². The van der Waals surface area contributed by atoms with Crippen molar-refractivity contribution in [2.75, 3.05) is 12.4 Å². The molecule has 0 radical (unpaired) electrons. The SMILES string of the molecule is COCc1csc(C(=O)Nc2cnn(CC(=O)O)c2)c1. The molecular formula is C12H13N3O4S. The Bertz CT molecular complexity index is 620. The van der Waals surface area contributed by atoms with E-state index >= 15 is 0 Å². The minimum Gasteiger partial charge on any atom is -0.480 e. The van der Waals surface area contributed by atoms with Crippen LogP contribution in [0.5, 0.6) is 0 Å². The molecule has 1 amide bonds. The van der Waals surface area contributed by atoms with Crippen LogP contribution in [0.15, 0.2) is 23.8 Å². The summed E-state index contributed by atoms with van der Waals surface area (Å²) in [6, 6.07) is 1.76. The lowest BCUT2D eigenvalue weighted by atomic mass is 10.3. The molecule has 0 saturated carbocycles. The number of hydrogen-bond acceptors (Lipinski definition) is 5. The fourth-order valence-corrected chi connectivity index (χ4v) is 2.37. The Labute approximate surface area is 118 Å². The second-order valence-electron chi connectivity index (χ2n) is 4.03. The van der Waals surface area contributed by atoms with Crippen LogP contribution in [0.3, 0.4) is 0 Å². The Morgan fingerprint density at radius 2 is 2.35 bits per heavy atom. The summed E-state index contributed by atoms with van der Waals surface area (Å²) in [5.74, 6) is -1.25. The molecule has 0 aliphatic carbocycles. The molecule has 0 saturated heterocycles. The fourth-order valence-electron chi connectivity index (χ4n) is 1.58. The average Bonchev–Trinajstić information content (AvgIpc) is 2.99. The lowest BCUT2D eigenvalue weighted by molar-refractivity contribution is -0.137. The van der Waals surface area contributed by atoms with Gasteiger partial charge < -0.3 is 15.2 Å². The van der Waals surface area contributed by atoms with Gasteiger partial charge in [-0.3, -0.25) is 14.3 Å². The lowest BCUT2D eigenvalue weighted by Gasteiger charge is -1.99. The van der Waals surface area contributed by atoms with Crippen LogP contribution in [0, 0.1) is 0 Å². The Kier molecular flexibility index (Phi) is 4.49. The van der Waals surface area contributed by atoms with Gasteiger partial charge in [0.05, 0.1) is 23.4 Å². The van der Waals surface area contributed by atoms with Gasteiger partial charge in [-0.15, -0.1) is 11.3 Å². The summed E-state index contributed by atoms with van der Waals surface area (Å²) >= 11 is 1.32. The van der Waals surface area contributed by atoms with Crippen molar-refractivity contribution in [1.82, 2.24) is 9.78 Å². The van der Waals surface area contributed by atoms with Gasteiger partial charge in [-0.1, -0.05) is 0 Å². The van der Waals surface area contributed by atoms with E-state index in [1.54, 1.807) is 13.2 Å². The van der Waals surface area contributed by atoms with E-state index in [0.29, 0.717) is 17.2 Å². The predicted molar refractivity (Wildman–Crippen MR) is 72.8 cm³/mol. The number of carboxylic acids is 1. The zero-order valence-corrected chi connectivity index (χ0v) is 11.5. The third-order valence-corrected chi connectivity index (χ3v) is 3.35. The first-order chi connectivity index (χ1) is 9.58. The van der Waals surface area contributed by atoms with Crippen LogP contribution in [0.1, 0.15) is 15.2 Å². The summed E-state index contributed by atoms with van der Waals surface area (Å²) in [4.78, 5) is 23.1. The largest absolute Gasteiger partial charge is 0.480 e. The predicted octanol–water partition coefficient (Wildman–Crippen LogP) is 1.43. The third kappa shape index (κ3) is 3.65. The number of nitrogens with one attached hydrogen (secondary N) is 1. The number of aromatic nitrogens is 2. The summed E-state index contributed by atoms with van der Waals surface area (Å²) in [7, 11) is 1.59. The third-order valence-electron chi connectivity index (χ3n) is 2.38. The number of hydrogen-bond donors (Lipinski definition) is 2. The Balaban J connectivity index is 1.99. The van der Waals surface area contributed by atoms with Crippen molar-refractivity contribution in [3.8, 4) is 0 Å². The van der Waals surface area contributed by atoms with E-state index in [0.717, 1.165) is 5.56 Å². The van der Waals surface area contributed by atoms with Gasteiger partial charge in [-0.2, -0.15) is 5.10 Å². The number of methoxy groups -OCH3 is 1. The zero-order chi connectivity index (χ0) is 14.5. The minimum absolute atomic E-state index is 0.243. The molecular weight excluding hydrogens is 282 g/mol. The number of carbonyl (C=O) groups is 2. The van der Waals surface area contributed by atoms with Crippen LogP contribution in [0.25, 0.3) is 0 Å². The van der Waals surface area contributed by atoms with Gasteiger partial charge in [-0.25, -0.2) is 0 Å². The first-order valence-electron chi connectivity index (χ1n) is 5.70. The van der Waals surface area contributed by atoms with Gasteiger partial charge in [0.1, 0.15) is 6.54 Å². The number of carbonyl (C=O) groups excluding carboxylic acids is 1. The Hall–Kier alpha value is -2.19. The highest BCUT2D eigenvalue weighted by Gasteiger charge is 2.11. The van der Waals surface area contributed by atoms with E-state index in [2.05, 4.69) is 10.4 Å². The van der Waals surface area contributed by atoms with Crippen molar-refractivity contribution >= 4 is 28.9 Å². The van der Waals surface area contributed by atoms with E-state index in [1.807, 2.05) is 5.38 Å². The molecule has 0 aliphatic rings. The summed E-state index contributed by atoms with van der Waals surface area (Å²) < 4.78 is 6.22. The molecule has 0 spiro atoms. The molecule has 0 aliphatic heterocycles. The lowest BCUT2D eigenvalue weighted by Crippen LogP contribution is -2.10. The second kappa shape index (κ2) is 6.31. The topological polar surface area (TPSA) is 93.5 Å². The van der Waals surface area contributed by atoms with Crippen molar-refractivity contribution < 1.29 is 19.4 Å². The van der Waals surface area contributed by atoms with Gasteiger partial charge in [-0.05, 0) is 17.0 Å². The molecule has 2 N–H and O–H groups in total. The molecule has 2 aromatic rings. The Morgan fingerprint density at radius 3 is 3.05 bits per heavy atom. The maximum Gasteiger partial charge on any atom is 0.325 e. The number of aliphatic carboxylic acids is 1. The van der Waals surface area contributed by atoms with Crippen LogP contribution in [-0.2, 0) is 22.7 Å². The average molecular weight is 295 g/mol. The first-order valence-corrected chi connectivity index (χ1v) is 6.58. The molecule has 0 fully saturated rings. The fraction of sp³-hybridized carbons (Fsp3) is 0.250. The normalized spacial score (nSPS) is 10.4. The van der Waals surface area contributed by atoms with Gasteiger partial charge in [0.25, 0.3) is 5.91 Å². The summed E-state index contributed by atoms with van der Waals surface area (Å²) in [6.07, 6.45) is 2.88.